The van der Waals surface area contributed by atoms with E-state index in [-0.39, 0.29) is 11.5 Å². The zero-order valence-corrected chi connectivity index (χ0v) is 14.7. The number of carbonyl (C=O) groups is 2. The summed E-state index contributed by atoms with van der Waals surface area (Å²) in [5.74, 6) is -1.34. The molecule has 128 valence electrons. The largest absolute Gasteiger partial charge is 0.478 e. The minimum absolute atomic E-state index is 0.106. The molecule has 1 amide bonds. The van der Waals surface area contributed by atoms with Crippen LogP contribution in [0.2, 0.25) is 0 Å². The molecule has 0 fully saturated rings. The van der Waals surface area contributed by atoms with Gasteiger partial charge in [0.05, 0.1) is 5.57 Å². The van der Waals surface area contributed by atoms with Crippen LogP contribution >= 0.6 is 0 Å². The maximum Gasteiger partial charge on any atom is 0.335 e. The van der Waals surface area contributed by atoms with Crippen molar-refractivity contribution in [3.63, 3.8) is 0 Å². The summed E-state index contributed by atoms with van der Waals surface area (Å²) in [7, 11) is 1.52. The molecule has 1 aromatic carbocycles. The number of likely N-dealkylation sites (N-methyl/N-ethyl adjacent to an activating group) is 1. The summed E-state index contributed by atoms with van der Waals surface area (Å²) in [5.41, 5.74) is 3.67. The Bertz CT molecular complexity index is 682. The summed E-state index contributed by atoms with van der Waals surface area (Å²) >= 11 is 0. The molecule has 0 aliphatic rings. The first-order valence-corrected chi connectivity index (χ1v) is 7.97. The van der Waals surface area contributed by atoms with Crippen LogP contribution in [0.3, 0.4) is 0 Å². The Morgan fingerprint density at radius 2 is 1.75 bits per heavy atom. The molecule has 0 aliphatic carbocycles. The Balaban J connectivity index is 3.27. The van der Waals surface area contributed by atoms with Crippen molar-refractivity contribution in [1.82, 2.24) is 5.32 Å². The number of carboxylic acid groups (broad SMARTS) is 1. The maximum atomic E-state index is 11.6. The quantitative estimate of drug-likeness (QED) is 0.593. The highest BCUT2D eigenvalue weighted by Gasteiger charge is 2.10. The van der Waals surface area contributed by atoms with Gasteiger partial charge in [0.2, 0.25) is 5.91 Å². The van der Waals surface area contributed by atoms with Crippen LogP contribution in [-0.2, 0) is 16.0 Å². The summed E-state index contributed by atoms with van der Waals surface area (Å²) in [5, 5.41) is 12.0. The predicted molar refractivity (Wildman–Crippen MR) is 96.7 cm³/mol. The van der Waals surface area contributed by atoms with Crippen LogP contribution in [-0.4, -0.2) is 24.0 Å². The molecule has 0 atom stereocenters. The van der Waals surface area contributed by atoms with Gasteiger partial charge in [-0.15, -0.1) is 0 Å². The first-order valence-electron chi connectivity index (χ1n) is 7.97. The van der Waals surface area contributed by atoms with Gasteiger partial charge in [0.1, 0.15) is 0 Å². The van der Waals surface area contributed by atoms with E-state index in [1.54, 1.807) is 13.0 Å². The Kier molecular flexibility index (Phi) is 7.69. The van der Waals surface area contributed by atoms with Gasteiger partial charge in [0, 0.05) is 12.6 Å². The molecule has 4 heteroatoms. The van der Waals surface area contributed by atoms with Gasteiger partial charge in [-0.1, -0.05) is 42.8 Å². The summed E-state index contributed by atoms with van der Waals surface area (Å²) in [6.07, 6.45) is 4.57. The molecule has 0 aromatic heterocycles. The average molecular weight is 327 g/mol. The van der Waals surface area contributed by atoms with Crippen LogP contribution in [0, 0.1) is 0 Å². The van der Waals surface area contributed by atoms with Crippen molar-refractivity contribution < 1.29 is 14.7 Å². The van der Waals surface area contributed by atoms with Crippen LogP contribution < -0.4 is 5.32 Å². The van der Waals surface area contributed by atoms with E-state index < -0.39 is 5.97 Å². The van der Waals surface area contributed by atoms with E-state index in [0.29, 0.717) is 12.0 Å². The number of benzene rings is 1. The number of hydrogen-bond donors (Lipinski definition) is 2. The first kappa shape index (κ1) is 19.4. The average Bonchev–Trinajstić information content (AvgIpc) is 2.59. The third-order valence-electron chi connectivity index (χ3n) is 3.85. The first-order chi connectivity index (χ1) is 11.4. The predicted octanol–water partition coefficient (Wildman–Crippen LogP) is 3.66. The number of carboxylic acids is 1. The van der Waals surface area contributed by atoms with Crippen molar-refractivity contribution in [1.29, 1.82) is 0 Å². The van der Waals surface area contributed by atoms with Crippen molar-refractivity contribution >= 4 is 11.9 Å². The second-order valence-corrected chi connectivity index (χ2v) is 5.63. The van der Waals surface area contributed by atoms with Gasteiger partial charge in [-0.05, 0) is 50.0 Å². The van der Waals surface area contributed by atoms with Crippen molar-refractivity contribution in [3.05, 3.63) is 70.3 Å². The molecule has 2 N–H and O–H groups in total. The zero-order chi connectivity index (χ0) is 18.1. The van der Waals surface area contributed by atoms with Crippen molar-refractivity contribution in [2.24, 2.45) is 0 Å². The third-order valence-corrected chi connectivity index (χ3v) is 3.85. The fourth-order valence-electron chi connectivity index (χ4n) is 2.22. The minimum atomic E-state index is -1.05. The number of hydrogen-bond acceptors (Lipinski definition) is 2. The lowest BCUT2D eigenvalue weighted by Crippen LogP contribution is -2.19. The highest BCUT2D eigenvalue weighted by molar-refractivity contribution is 5.97. The molecule has 0 aliphatic heterocycles. The summed E-state index contributed by atoms with van der Waals surface area (Å²) in [4.78, 5) is 23.2. The maximum absolute atomic E-state index is 11.6. The Labute approximate surface area is 143 Å². The van der Waals surface area contributed by atoms with E-state index in [1.807, 2.05) is 44.2 Å². The minimum Gasteiger partial charge on any atom is -0.478 e. The molecular formula is C20H25NO3. The number of amides is 1. The molecule has 1 rings (SSSR count). The van der Waals surface area contributed by atoms with Crippen molar-refractivity contribution in [3.8, 4) is 0 Å². The SMILES string of the molecule is CC/C(C)=C(/C=C(\C=C(/C)C(=O)NC)C(=O)O)Cc1ccccc1. The molecule has 0 saturated carbocycles. The molecule has 0 heterocycles. The second kappa shape index (κ2) is 9.50. The summed E-state index contributed by atoms with van der Waals surface area (Å²) in [6, 6.07) is 9.91. The molecule has 1 aromatic rings. The third kappa shape index (κ3) is 5.88. The van der Waals surface area contributed by atoms with E-state index in [0.717, 1.165) is 23.1 Å². The highest BCUT2D eigenvalue weighted by Crippen LogP contribution is 2.19. The standard InChI is InChI=1S/C20H25NO3/c1-5-14(2)17(12-16-9-7-6-8-10-16)13-18(20(23)24)11-15(3)19(22)21-4/h6-11,13H,5,12H2,1-4H3,(H,21,22)(H,23,24)/b15-11+,17-14+,18-13+. The Morgan fingerprint density at radius 1 is 1.12 bits per heavy atom. The van der Waals surface area contributed by atoms with Crippen LogP contribution in [0.5, 0.6) is 0 Å². The molecule has 0 radical (unpaired) electrons. The molecule has 4 nitrogen and oxygen atoms in total. The van der Waals surface area contributed by atoms with E-state index in [1.165, 1.54) is 13.1 Å². The van der Waals surface area contributed by atoms with E-state index >= 15 is 0 Å². The fraction of sp³-hybridized carbons (Fsp3) is 0.300. The Hall–Kier alpha value is -2.62. The van der Waals surface area contributed by atoms with Gasteiger partial charge in [-0.3, -0.25) is 4.79 Å². The summed E-state index contributed by atoms with van der Waals surface area (Å²) in [6.45, 7) is 5.65. The summed E-state index contributed by atoms with van der Waals surface area (Å²) < 4.78 is 0. The molecule has 0 bridgehead atoms. The van der Waals surface area contributed by atoms with E-state index in [2.05, 4.69) is 5.32 Å². The van der Waals surface area contributed by atoms with E-state index in [9.17, 15) is 14.7 Å². The lowest BCUT2D eigenvalue weighted by molar-refractivity contribution is -0.132. The topological polar surface area (TPSA) is 66.4 Å². The van der Waals surface area contributed by atoms with Crippen LogP contribution in [0.15, 0.2) is 64.8 Å². The van der Waals surface area contributed by atoms with Gasteiger partial charge in [-0.2, -0.15) is 0 Å². The van der Waals surface area contributed by atoms with Crippen LogP contribution in [0.4, 0.5) is 0 Å². The zero-order valence-electron chi connectivity index (χ0n) is 14.7. The Morgan fingerprint density at radius 3 is 2.25 bits per heavy atom. The number of nitrogens with one attached hydrogen (secondary N) is 1. The van der Waals surface area contributed by atoms with Gasteiger partial charge in [-0.25, -0.2) is 4.79 Å². The molecule has 0 saturated heterocycles. The van der Waals surface area contributed by atoms with Crippen molar-refractivity contribution in [2.75, 3.05) is 7.05 Å². The number of aliphatic carboxylic acids is 1. The van der Waals surface area contributed by atoms with Crippen molar-refractivity contribution in [2.45, 2.75) is 33.6 Å². The lowest BCUT2D eigenvalue weighted by atomic mass is 9.96. The van der Waals surface area contributed by atoms with Gasteiger partial charge >= 0.3 is 5.97 Å². The molecular weight excluding hydrogens is 302 g/mol. The monoisotopic (exact) mass is 327 g/mol. The van der Waals surface area contributed by atoms with Gasteiger partial charge in [0.15, 0.2) is 0 Å². The lowest BCUT2D eigenvalue weighted by Gasteiger charge is -2.09. The molecule has 0 spiro atoms. The van der Waals surface area contributed by atoms with Gasteiger partial charge in [0.25, 0.3) is 0 Å². The number of allylic oxidation sites excluding steroid dienone is 3. The molecule has 0 unspecified atom stereocenters. The highest BCUT2D eigenvalue weighted by atomic mass is 16.4. The van der Waals surface area contributed by atoms with Crippen LogP contribution in [0.25, 0.3) is 0 Å². The van der Waals surface area contributed by atoms with Gasteiger partial charge < -0.3 is 10.4 Å². The van der Waals surface area contributed by atoms with Crippen LogP contribution in [0.1, 0.15) is 32.8 Å². The number of rotatable bonds is 7. The molecule has 24 heavy (non-hydrogen) atoms. The number of carbonyl (C=O) groups excluding carboxylic acids is 1. The fourth-order valence-corrected chi connectivity index (χ4v) is 2.22. The normalized spacial score (nSPS) is 13.3. The smallest absolute Gasteiger partial charge is 0.335 e. The van der Waals surface area contributed by atoms with E-state index in [4.69, 9.17) is 0 Å². The second-order valence-electron chi connectivity index (χ2n) is 5.63.